The first-order valence-corrected chi connectivity index (χ1v) is 17.5. The van der Waals surface area contributed by atoms with Crippen LogP contribution in [-0.4, -0.2) is 83.8 Å². The van der Waals surface area contributed by atoms with Gasteiger partial charge >= 0.3 is 5.97 Å². The summed E-state index contributed by atoms with van der Waals surface area (Å²) in [5, 5.41) is 32.3. The van der Waals surface area contributed by atoms with E-state index < -0.39 is 65.8 Å². The highest BCUT2D eigenvalue weighted by Gasteiger charge is 2.61. The molecule has 6 N–H and O–H groups in total. The van der Waals surface area contributed by atoms with E-state index in [9.17, 15) is 34.2 Å². The topological polar surface area (TPSA) is 192 Å². The molecule has 0 aliphatic heterocycles. The fourth-order valence-electron chi connectivity index (χ4n) is 6.26. The van der Waals surface area contributed by atoms with Crippen molar-refractivity contribution in [1.82, 2.24) is 21.3 Å². The minimum absolute atomic E-state index is 0.0211. The van der Waals surface area contributed by atoms with Crippen molar-refractivity contribution in [1.29, 1.82) is 0 Å². The maximum absolute atomic E-state index is 13.9. The van der Waals surface area contributed by atoms with E-state index in [1.165, 1.54) is 14.2 Å². The van der Waals surface area contributed by atoms with Crippen molar-refractivity contribution in [2.45, 2.75) is 103 Å². The number of methoxy groups -OCH3 is 2. The summed E-state index contributed by atoms with van der Waals surface area (Å²) in [5.41, 5.74) is 0.294. The number of carboxylic acids is 1. The van der Waals surface area contributed by atoms with Gasteiger partial charge in [0.25, 0.3) is 0 Å². The van der Waals surface area contributed by atoms with Gasteiger partial charge in [-0.3, -0.25) is 19.2 Å². The van der Waals surface area contributed by atoms with Gasteiger partial charge in [-0.25, -0.2) is 4.79 Å². The number of ether oxygens (including phenoxy) is 2. The van der Waals surface area contributed by atoms with Crippen LogP contribution >= 0.6 is 0 Å². The molecule has 1 unspecified atom stereocenters. The van der Waals surface area contributed by atoms with Crippen LogP contribution in [0.2, 0.25) is 0 Å². The molecule has 4 amide bonds. The zero-order valence-corrected chi connectivity index (χ0v) is 30.8. The fourth-order valence-corrected chi connectivity index (χ4v) is 6.26. The average Bonchev–Trinajstić information content (AvgIpc) is 3.82. The van der Waals surface area contributed by atoms with Crippen molar-refractivity contribution in [2.75, 3.05) is 14.2 Å². The van der Waals surface area contributed by atoms with Gasteiger partial charge in [0.2, 0.25) is 23.6 Å². The molecular weight excluding hydrogens is 656 g/mol. The summed E-state index contributed by atoms with van der Waals surface area (Å²) >= 11 is 0. The maximum atomic E-state index is 13.9. The van der Waals surface area contributed by atoms with E-state index in [0.29, 0.717) is 29.9 Å². The molecule has 13 nitrogen and oxygen atoms in total. The molecule has 2 aromatic rings. The van der Waals surface area contributed by atoms with Crippen LogP contribution in [0.25, 0.3) is 0 Å². The summed E-state index contributed by atoms with van der Waals surface area (Å²) in [4.78, 5) is 65.5. The number of amides is 4. The zero-order chi connectivity index (χ0) is 38.0. The number of hydrogen-bond donors (Lipinski definition) is 6. The molecule has 0 aromatic heterocycles. The van der Waals surface area contributed by atoms with Crippen LogP contribution < -0.4 is 30.7 Å². The van der Waals surface area contributed by atoms with Gasteiger partial charge in [0.15, 0.2) is 11.5 Å². The van der Waals surface area contributed by atoms with Crippen LogP contribution in [0.5, 0.6) is 11.5 Å². The monoisotopic (exact) mass is 710 g/mol. The molecule has 0 radical (unpaired) electrons. The second-order valence-corrected chi connectivity index (χ2v) is 14.1. The number of carbonyl (C=O) groups is 5. The molecule has 7 atom stereocenters. The Kier molecular flexibility index (Phi) is 14.4. The molecule has 0 heterocycles. The lowest BCUT2D eigenvalue weighted by molar-refractivity contribution is -0.143. The standard InChI is InChI=1S/C38H54N4O9/c1-9-23(6)34(35(46)41-33(22(4)5)37(48)49)40-31(45)19-29(43)38(20-26(38)25-13-11-10-12-14-25)42-36(47)32(21(2)3)39-30(44)18-24-15-16-27(50-7)28(17-24)51-8/h10-17,21-23,26,29,32-34,43H,9,18-20H2,1-8H3,(H,39,44)(H,40,45)(H,41,46)(H,42,47)(H,48,49)/t23-,26-,29-,32-,33-,34-,38?/m0/s1. The molecule has 0 spiro atoms. The second kappa shape index (κ2) is 18.0. The highest BCUT2D eigenvalue weighted by atomic mass is 16.5. The van der Waals surface area contributed by atoms with E-state index in [1.807, 2.05) is 37.3 Å². The first-order chi connectivity index (χ1) is 24.1. The molecule has 0 saturated heterocycles. The number of benzene rings is 2. The van der Waals surface area contributed by atoms with Gasteiger partial charge in [0.1, 0.15) is 18.1 Å². The second-order valence-electron chi connectivity index (χ2n) is 14.1. The molecule has 1 fully saturated rings. The Balaban J connectivity index is 1.79. The Labute approximate surface area is 300 Å². The van der Waals surface area contributed by atoms with Gasteiger partial charge in [-0.1, -0.05) is 84.4 Å². The number of aliphatic carboxylic acids is 1. The summed E-state index contributed by atoms with van der Waals surface area (Å²) in [5.74, 6) is -3.72. The molecule has 51 heavy (non-hydrogen) atoms. The summed E-state index contributed by atoms with van der Waals surface area (Å²) in [7, 11) is 3.02. The summed E-state index contributed by atoms with van der Waals surface area (Å²) in [6, 6.07) is 11.3. The van der Waals surface area contributed by atoms with E-state index >= 15 is 0 Å². The Bertz CT molecular complexity index is 1530. The number of aliphatic hydroxyl groups is 1. The number of nitrogens with one attached hydrogen (secondary N) is 4. The average molecular weight is 711 g/mol. The van der Waals surface area contributed by atoms with Crippen molar-refractivity contribution in [2.24, 2.45) is 17.8 Å². The quantitative estimate of drug-likeness (QED) is 0.127. The van der Waals surface area contributed by atoms with Crippen molar-refractivity contribution >= 4 is 29.6 Å². The number of hydrogen-bond acceptors (Lipinski definition) is 8. The van der Waals surface area contributed by atoms with Gasteiger partial charge in [0, 0.05) is 5.92 Å². The summed E-state index contributed by atoms with van der Waals surface area (Å²) < 4.78 is 10.6. The van der Waals surface area contributed by atoms with Crippen molar-refractivity contribution in [3.05, 3.63) is 59.7 Å². The van der Waals surface area contributed by atoms with Gasteiger partial charge in [-0.15, -0.1) is 0 Å². The molecular formula is C38H54N4O9. The molecule has 3 rings (SSSR count). The van der Waals surface area contributed by atoms with Crippen LogP contribution in [0.1, 0.15) is 77.8 Å². The highest BCUT2D eigenvalue weighted by molar-refractivity contribution is 5.91. The van der Waals surface area contributed by atoms with E-state index in [4.69, 9.17) is 9.47 Å². The number of carbonyl (C=O) groups excluding carboxylic acids is 4. The van der Waals surface area contributed by atoms with Gasteiger partial charge in [-0.05, 0) is 47.4 Å². The van der Waals surface area contributed by atoms with Crippen LogP contribution in [0.3, 0.4) is 0 Å². The van der Waals surface area contributed by atoms with E-state index in [0.717, 1.165) is 5.56 Å². The van der Waals surface area contributed by atoms with Gasteiger partial charge in [-0.2, -0.15) is 0 Å². The van der Waals surface area contributed by atoms with Crippen LogP contribution in [0.4, 0.5) is 0 Å². The SMILES string of the molecule is CC[C@H](C)[C@H](NC(=O)C[C@H](O)C1(NC(=O)[C@@H](NC(=O)Cc2ccc(OC)c(OC)c2)C(C)C)C[C@H]1c1ccccc1)C(=O)N[C@H](C(=O)O)C(C)C. The minimum Gasteiger partial charge on any atom is -0.493 e. The molecule has 280 valence electrons. The normalized spacial score (nSPS) is 19.5. The van der Waals surface area contributed by atoms with E-state index in [2.05, 4.69) is 21.3 Å². The molecule has 0 bridgehead atoms. The van der Waals surface area contributed by atoms with Crippen molar-refractivity contribution < 1.29 is 43.7 Å². The zero-order valence-electron chi connectivity index (χ0n) is 30.8. The van der Waals surface area contributed by atoms with Crippen LogP contribution in [0.15, 0.2) is 48.5 Å². The number of carboxylic acid groups (broad SMARTS) is 1. The lowest BCUT2D eigenvalue weighted by atomic mass is 9.94. The van der Waals surface area contributed by atoms with Gasteiger partial charge in [0.05, 0.1) is 38.7 Å². The smallest absolute Gasteiger partial charge is 0.326 e. The van der Waals surface area contributed by atoms with Gasteiger partial charge < -0.3 is 41.0 Å². The number of rotatable bonds is 19. The Hall–Kier alpha value is -4.65. The first-order valence-electron chi connectivity index (χ1n) is 17.5. The van der Waals surface area contributed by atoms with E-state index in [-0.39, 0.29) is 30.1 Å². The number of aliphatic hydroxyl groups excluding tert-OH is 1. The Morgan fingerprint density at radius 1 is 0.804 bits per heavy atom. The largest absolute Gasteiger partial charge is 0.493 e. The van der Waals surface area contributed by atoms with Crippen LogP contribution in [-0.2, 0) is 30.4 Å². The van der Waals surface area contributed by atoms with Crippen LogP contribution in [0, 0.1) is 17.8 Å². The first kappa shape index (κ1) is 40.8. The molecule has 1 saturated carbocycles. The predicted octanol–water partition coefficient (Wildman–Crippen LogP) is 2.94. The molecule has 1 aliphatic carbocycles. The lowest BCUT2D eigenvalue weighted by Gasteiger charge is -2.30. The third-order valence-corrected chi connectivity index (χ3v) is 9.66. The summed E-state index contributed by atoms with van der Waals surface area (Å²) in [6.07, 6.45) is -0.956. The van der Waals surface area contributed by atoms with Crippen molar-refractivity contribution in [3.63, 3.8) is 0 Å². The lowest BCUT2D eigenvalue weighted by Crippen LogP contribution is -2.58. The van der Waals surface area contributed by atoms with Crippen molar-refractivity contribution in [3.8, 4) is 11.5 Å². The summed E-state index contributed by atoms with van der Waals surface area (Å²) in [6.45, 7) is 10.6. The highest BCUT2D eigenvalue weighted by Crippen LogP contribution is 2.54. The third-order valence-electron chi connectivity index (χ3n) is 9.66. The molecule has 2 aromatic carbocycles. The third kappa shape index (κ3) is 10.4. The Morgan fingerprint density at radius 2 is 1.41 bits per heavy atom. The Morgan fingerprint density at radius 3 is 1.96 bits per heavy atom. The predicted molar refractivity (Wildman–Crippen MR) is 191 cm³/mol. The molecule has 13 heteroatoms. The minimum atomic E-state index is -1.36. The van der Waals surface area contributed by atoms with E-state index in [1.54, 1.807) is 52.8 Å². The maximum Gasteiger partial charge on any atom is 0.326 e. The fraction of sp³-hybridized carbons (Fsp3) is 0.553. The molecule has 1 aliphatic rings.